The first-order chi connectivity index (χ1) is 12.5. The SMILES string of the molecule is O=C(CN1C(=O)NC(Cc2ccccc2)C1=O)NCc1ccccc1F. The molecule has 0 radical (unpaired) electrons. The van der Waals surface area contributed by atoms with Crippen LogP contribution in [0.5, 0.6) is 0 Å². The maximum Gasteiger partial charge on any atom is 0.325 e. The second-order valence-corrected chi connectivity index (χ2v) is 5.98. The van der Waals surface area contributed by atoms with Gasteiger partial charge in [0.2, 0.25) is 5.91 Å². The summed E-state index contributed by atoms with van der Waals surface area (Å²) in [5, 5.41) is 5.11. The molecule has 1 aliphatic heterocycles. The Kier molecular flexibility index (Phi) is 5.26. The second-order valence-electron chi connectivity index (χ2n) is 5.98. The third kappa shape index (κ3) is 4.05. The van der Waals surface area contributed by atoms with Crippen molar-refractivity contribution in [1.29, 1.82) is 0 Å². The van der Waals surface area contributed by atoms with Crippen LogP contribution in [0.25, 0.3) is 0 Å². The van der Waals surface area contributed by atoms with Crippen LogP contribution >= 0.6 is 0 Å². The van der Waals surface area contributed by atoms with Gasteiger partial charge in [-0.05, 0) is 11.6 Å². The normalized spacial score (nSPS) is 16.5. The van der Waals surface area contributed by atoms with Gasteiger partial charge in [-0.25, -0.2) is 9.18 Å². The van der Waals surface area contributed by atoms with E-state index >= 15 is 0 Å². The van der Waals surface area contributed by atoms with Crippen molar-refractivity contribution in [1.82, 2.24) is 15.5 Å². The predicted octanol–water partition coefficient (Wildman–Crippen LogP) is 1.60. The van der Waals surface area contributed by atoms with Crippen molar-refractivity contribution in [2.75, 3.05) is 6.54 Å². The zero-order chi connectivity index (χ0) is 18.5. The summed E-state index contributed by atoms with van der Waals surface area (Å²) in [5.41, 5.74) is 1.25. The molecule has 1 atom stereocenters. The molecule has 2 aromatic rings. The van der Waals surface area contributed by atoms with E-state index in [0.717, 1.165) is 10.5 Å². The molecule has 4 amide bonds. The van der Waals surface area contributed by atoms with E-state index in [1.165, 1.54) is 6.07 Å². The van der Waals surface area contributed by atoms with Crippen LogP contribution in [0.3, 0.4) is 0 Å². The molecule has 0 spiro atoms. The fourth-order valence-electron chi connectivity index (χ4n) is 2.75. The molecule has 26 heavy (non-hydrogen) atoms. The van der Waals surface area contributed by atoms with E-state index in [-0.39, 0.29) is 6.54 Å². The van der Waals surface area contributed by atoms with Gasteiger partial charge in [0.05, 0.1) is 0 Å². The number of urea groups is 1. The highest BCUT2D eigenvalue weighted by Gasteiger charge is 2.38. The number of amides is 4. The van der Waals surface area contributed by atoms with Crippen LogP contribution in [-0.4, -0.2) is 35.3 Å². The minimum atomic E-state index is -0.690. The number of nitrogens with one attached hydrogen (secondary N) is 2. The van der Waals surface area contributed by atoms with Crippen LogP contribution in [-0.2, 0) is 22.6 Å². The molecular formula is C19H18FN3O3. The first-order valence-corrected chi connectivity index (χ1v) is 8.20. The van der Waals surface area contributed by atoms with Gasteiger partial charge in [-0.1, -0.05) is 48.5 Å². The zero-order valence-electron chi connectivity index (χ0n) is 13.9. The van der Waals surface area contributed by atoms with Gasteiger partial charge in [-0.15, -0.1) is 0 Å². The van der Waals surface area contributed by atoms with Crippen LogP contribution < -0.4 is 10.6 Å². The van der Waals surface area contributed by atoms with Gasteiger partial charge in [0.15, 0.2) is 0 Å². The van der Waals surface area contributed by atoms with Gasteiger partial charge in [0.25, 0.3) is 5.91 Å². The number of nitrogens with zero attached hydrogens (tertiary/aromatic N) is 1. The fraction of sp³-hybridized carbons (Fsp3) is 0.211. The molecule has 2 aromatic carbocycles. The van der Waals surface area contributed by atoms with E-state index in [1.807, 2.05) is 30.3 Å². The van der Waals surface area contributed by atoms with E-state index in [9.17, 15) is 18.8 Å². The van der Waals surface area contributed by atoms with Crippen molar-refractivity contribution in [3.8, 4) is 0 Å². The summed E-state index contributed by atoms with van der Waals surface area (Å²) in [6.45, 7) is -0.410. The van der Waals surface area contributed by atoms with Crippen molar-refractivity contribution in [3.05, 3.63) is 71.5 Å². The molecule has 0 bridgehead atoms. The number of hydrogen-bond donors (Lipinski definition) is 2. The van der Waals surface area contributed by atoms with Crippen LogP contribution in [0.15, 0.2) is 54.6 Å². The molecule has 0 aliphatic carbocycles. The van der Waals surface area contributed by atoms with Crippen molar-refractivity contribution < 1.29 is 18.8 Å². The lowest BCUT2D eigenvalue weighted by atomic mass is 10.1. The Labute approximate surface area is 150 Å². The number of carbonyl (C=O) groups excluding carboxylic acids is 3. The quantitative estimate of drug-likeness (QED) is 0.773. The highest BCUT2D eigenvalue weighted by Crippen LogP contribution is 2.12. The summed E-state index contributed by atoms with van der Waals surface area (Å²) < 4.78 is 13.5. The molecule has 134 valence electrons. The third-order valence-electron chi connectivity index (χ3n) is 4.13. The summed E-state index contributed by atoms with van der Waals surface area (Å²) in [4.78, 5) is 37.3. The lowest BCUT2D eigenvalue weighted by Gasteiger charge is -2.13. The van der Waals surface area contributed by atoms with Gasteiger partial charge >= 0.3 is 6.03 Å². The maximum absolute atomic E-state index is 13.5. The van der Waals surface area contributed by atoms with Gasteiger partial charge in [-0.3, -0.25) is 14.5 Å². The molecular weight excluding hydrogens is 337 g/mol. The average molecular weight is 355 g/mol. The number of rotatable bonds is 6. The zero-order valence-corrected chi connectivity index (χ0v) is 13.9. The smallest absolute Gasteiger partial charge is 0.325 e. The standard InChI is InChI=1S/C19H18FN3O3/c20-15-9-5-4-8-14(15)11-21-17(24)12-23-18(25)16(22-19(23)26)10-13-6-2-1-3-7-13/h1-9,16H,10-12H2,(H,21,24)(H,22,26). The fourth-order valence-corrected chi connectivity index (χ4v) is 2.75. The third-order valence-corrected chi connectivity index (χ3v) is 4.13. The van der Waals surface area contributed by atoms with Crippen LogP contribution in [0.4, 0.5) is 9.18 Å². The lowest BCUT2D eigenvalue weighted by Crippen LogP contribution is -2.41. The van der Waals surface area contributed by atoms with Crippen molar-refractivity contribution in [2.24, 2.45) is 0 Å². The largest absolute Gasteiger partial charge is 0.350 e. The van der Waals surface area contributed by atoms with E-state index in [4.69, 9.17) is 0 Å². The van der Waals surface area contributed by atoms with Gasteiger partial charge in [-0.2, -0.15) is 0 Å². The van der Waals surface area contributed by atoms with E-state index < -0.39 is 36.2 Å². The summed E-state index contributed by atoms with van der Waals surface area (Å²) in [5.74, 6) is -1.40. The highest BCUT2D eigenvalue weighted by molar-refractivity contribution is 6.06. The number of carbonyl (C=O) groups is 3. The molecule has 0 aromatic heterocycles. The number of benzene rings is 2. The molecule has 1 aliphatic rings. The Morgan fingerprint density at radius 3 is 2.50 bits per heavy atom. The number of imide groups is 1. The van der Waals surface area contributed by atoms with Crippen LogP contribution in [0.1, 0.15) is 11.1 Å². The second kappa shape index (κ2) is 7.77. The van der Waals surface area contributed by atoms with E-state index in [2.05, 4.69) is 10.6 Å². The predicted molar refractivity (Wildman–Crippen MR) is 92.4 cm³/mol. The van der Waals surface area contributed by atoms with Crippen molar-refractivity contribution in [3.63, 3.8) is 0 Å². The topological polar surface area (TPSA) is 78.5 Å². The molecule has 1 saturated heterocycles. The molecule has 1 fully saturated rings. The summed E-state index contributed by atoms with van der Waals surface area (Å²) in [6.07, 6.45) is 0.360. The lowest BCUT2D eigenvalue weighted by molar-refractivity contribution is -0.132. The minimum absolute atomic E-state index is 0.0113. The Morgan fingerprint density at radius 1 is 1.08 bits per heavy atom. The van der Waals surface area contributed by atoms with Crippen LogP contribution in [0, 0.1) is 5.82 Å². The molecule has 7 heteroatoms. The summed E-state index contributed by atoms with van der Waals surface area (Å²) >= 11 is 0. The average Bonchev–Trinajstić information content (AvgIpc) is 2.89. The summed E-state index contributed by atoms with van der Waals surface area (Å²) in [6, 6.07) is 14.1. The molecule has 3 rings (SSSR count). The Bertz CT molecular complexity index is 826. The Morgan fingerprint density at radius 2 is 1.77 bits per heavy atom. The van der Waals surface area contributed by atoms with E-state index in [1.54, 1.807) is 18.2 Å². The molecule has 1 heterocycles. The van der Waals surface area contributed by atoms with Gasteiger partial charge in [0.1, 0.15) is 18.4 Å². The molecule has 6 nitrogen and oxygen atoms in total. The number of halogens is 1. The van der Waals surface area contributed by atoms with Gasteiger partial charge < -0.3 is 10.6 Å². The molecule has 2 N–H and O–H groups in total. The van der Waals surface area contributed by atoms with Crippen molar-refractivity contribution in [2.45, 2.75) is 19.0 Å². The first-order valence-electron chi connectivity index (χ1n) is 8.20. The van der Waals surface area contributed by atoms with Gasteiger partial charge in [0, 0.05) is 18.5 Å². The first kappa shape index (κ1) is 17.6. The van der Waals surface area contributed by atoms with Crippen LogP contribution in [0.2, 0.25) is 0 Å². The van der Waals surface area contributed by atoms with E-state index in [0.29, 0.717) is 12.0 Å². The molecule has 1 unspecified atom stereocenters. The summed E-state index contributed by atoms with van der Waals surface area (Å²) in [7, 11) is 0. The van der Waals surface area contributed by atoms with Crippen molar-refractivity contribution >= 4 is 17.8 Å². The number of hydrogen-bond acceptors (Lipinski definition) is 3. The minimum Gasteiger partial charge on any atom is -0.350 e. The Balaban J connectivity index is 1.55. The maximum atomic E-state index is 13.5. The monoisotopic (exact) mass is 355 g/mol. The molecule has 0 saturated carbocycles. The highest BCUT2D eigenvalue weighted by atomic mass is 19.1. The Hall–Kier alpha value is -3.22.